The molecule has 168 valence electrons. The molecule has 6 heteroatoms. The largest absolute Gasteiger partial charge is 0.353 e. The first-order chi connectivity index (χ1) is 14.8. The SMILES string of the molecule is CC(NC(=O)C1CCN(C(=O)c2ccc(F)cc2F)CC1)C12CC3CC(CC(C3)C1)C2. The molecule has 5 aliphatic rings. The van der Waals surface area contributed by atoms with Gasteiger partial charge in [0, 0.05) is 31.1 Å². The molecule has 4 bridgehead atoms. The van der Waals surface area contributed by atoms with Crippen molar-refractivity contribution in [1.29, 1.82) is 0 Å². The Morgan fingerprint density at radius 3 is 2.16 bits per heavy atom. The summed E-state index contributed by atoms with van der Waals surface area (Å²) >= 11 is 0. The summed E-state index contributed by atoms with van der Waals surface area (Å²) in [5.41, 5.74) is 0.168. The summed E-state index contributed by atoms with van der Waals surface area (Å²) in [6, 6.07) is 3.22. The minimum absolute atomic E-state index is 0.100. The van der Waals surface area contributed by atoms with E-state index in [0.29, 0.717) is 25.9 Å². The van der Waals surface area contributed by atoms with E-state index < -0.39 is 17.5 Å². The molecule has 0 spiro atoms. The molecular formula is C25H32F2N2O2. The van der Waals surface area contributed by atoms with Gasteiger partial charge in [0.1, 0.15) is 11.6 Å². The van der Waals surface area contributed by atoms with Crippen LogP contribution >= 0.6 is 0 Å². The van der Waals surface area contributed by atoms with E-state index >= 15 is 0 Å². The molecule has 4 saturated carbocycles. The minimum atomic E-state index is -0.839. The van der Waals surface area contributed by atoms with Gasteiger partial charge in [-0.1, -0.05) is 0 Å². The van der Waals surface area contributed by atoms with Gasteiger partial charge in [-0.2, -0.15) is 0 Å². The van der Waals surface area contributed by atoms with Crippen molar-refractivity contribution in [3.8, 4) is 0 Å². The van der Waals surface area contributed by atoms with Gasteiger partial charge >= 0.3 is 0 Å². The summed E-state index contributed by atoms with van der Waals surface area (Å²) in [5, 5.41) is 3.35. The molecule has 4 nitrogen and oxygen atoms in total. The molecule has 5 fully saturated rings. The molecule has 2 amide bonds. The highest BCUT2D eigenvalue weighted by atomic mass is 19.1. The van der Waals surface area contributed by atoms with E-state index in [1.807, 2.05) is 0 Å². The van der Waals surface area contributed by atoms with Gasteiger partial charge in [-0.05, 0) is 93.6 Å². The molecule has 1 aromatic rings. The van der Waals surface area contributed by atoms with E-state index in [2.05, 4.69) is 12.2 Å². The second-order valence-electron chi connectivity index (χ2n) is 10.7. The molecule has 1 atom stereocenters. The number of likely N-dealkylation sites (tertiary alicyclic amines) is 1. The van der Waals surface area contributed by atoms with Crippen LogP contribution in [-0.2, 0) is 4.79 Å². The summed E-state index contributed by atoms with van der Waals surface area (Å²) < 4.78 is 27.1. The number of nitrogens with one attached hydrogen (secondary N) is 1. The highest BCUT2D eigenvalue weighted by Gasteiger charge is 2.53. The number of piperidine rings is 1. The molecule has 1 unspecified atom stereocenters. The number of rotatable bonds is 4. The lowest BCUT2D eigenvalue weighted by Crippen LogP contribution is -2.57. The van der Waals surface area contributed by atoms with Crippen LogP contribution in [0.15, 0.2) is 18.2 Å². The predicted octanol–water partition coefficient (Wildman–Crippen LogP) is 4.54. The Labute approximate surface area is 182 Å². The lowest BCUT2D eigenvalue weighted by atomic mass is 9.48. The van der Waals surface area contributed by atoms with E-state index in [1.165, 1.54) is 44.6 Å². The molecule has 6 rings (SSSR count). The Morgan fingerprint density at radius 1 is 1.03 bits per heavy atom. The van der Waals surface area contributed by atoms with E-state index in [4.69, 9.17) is 0 Å². The molecule has 4 aliphatic carbocycles. The van der Waals surface area contributed by atoms with Crippen LogP contribution in [-0.4, -0.2) is 35.8 Å². The molecular weight excluding hydrogens is 398 g/mol. The van der Waals surface area contributed by atoms with Crippen LogP contribution in [0.5, 0.6) is 0 Å². The topological polar surface area (TPSA) is 49.4 Å². The molecule has 1 heterocycles. The van der Waals surface area contributed by atoms with Crippen LogP contribution in [0.3, 0.4) is 0 Å². The Morgan fingerprint density at radius 2 is 1.61 bits per heavy atom. The molecule has 1 saturated heterocycles. The highest BCUT2D eigenvalue weighted by molar-refractivity contribution is 5.94. The summed E-state index contributed by atoms with van der Waals surface area (Å²) in [6.07, 6.45) is 9.11. The maximum atomic E-state index is 14.0. The molecule has 0 aromatic heterocycles. The van der Waals surface area contributed by atoms with Gasteiger partial charge in [-0.3, -0.25) is 9.59 Å². The van der Waals surface area contributed by atoms with E-state index in [1.54, 1.807) is 4.90 Å². The molecule has 31 heavy (non-hydrogen) atoms. The number of nitrogens with zero attached hydrogens (tertiary/aromatic N) is 1. The first-order valence-corrected chi connectivity index (χ1v) is 11.9. The number of halogens is 2. The Balaban J connectivity index is 1.16. The van der Waals surface area contributed by atoms with Crippen molar-refractivity contribution in [1.82, 2.24) is 10.2 Å². The predicted molar refractivity (Wildman–Crippen MR) is 113 cm³/mol. The van der Waals surface area contributed by atoms with Crippen LogP contribution in [0.1, 0.15) is 68.6 Å². The third-order valence-corrected chi connectivity index (χ3v) is 8.68. The van der Waals surface area contributed by atoms with Gasteiger partial charge in [0.15, 0.2) is 0 Å². The van der Waals surface area contributed by atoms with Gasteiger partial charge in [0.05, 0.1) is 5.56 Å². The number of carbonyl (C=O) groups is 2. The normalized spacial score (nSPS) is 33.4. The number of amides is 2. The van der Waals surface area contributed by atoms with Gasteiger partial charge in [-0.25, -0.2) is 8.78 Å². The lowest BCUT2D eigenvalue weighted by Gasteiger charge is -2.59. The maximum absolute atomic E-state index is 14.0. The summed E-state index contributed by atoms with van der Waals surface area (Å²) in [5.74, 6) is 0.581. The summed E-state index contributed by atoms with van der Waals surface area (Å²) in [6.45, 7) is 3.03. The number of hydrogen-bond donors (Lipinski definition) is 1. The van der Waals surface area contributed by atoms with Gasteiger partial charge in [-0.15, -0.1) is 0 Å². The number of benzene rings is 1. The quantitative estimate of drug-likeness (QED) is 0.763. The standard InChI is InChI=1S/C25H32F2N2O2/c1-15(25-12-16-8-17(13-25)10-18(9-16)14-25)28-23(30)19-4-6-29(7-5-19)24(31)21-3-2-20(26)11-22(21)27/h2-3,11,15-19H,4-10,12-14H2,1H3,(H,28,30). The zero-order valence-electron chi connectivity index (χ0n) is 18.2. The van der Waals surface area contributed by atoms with Crippen LogP contribution in [0.2, 0.25) is 0 Å². The zero-order chi connectivity index (χ0) is 21.8. The van der Waals surface area contributed by atoms with Crippen molar-refractivity contribution in [2.75, 3.05) is 13.1 Å². The highest BCUT2D eigenvalue weighted by Crippen LogP contribution is 2.61. The van der Waals surface area contributed by atoms with Crippen molar-refractivity contribution in [2.24, 2.45) is 29.1 Å². The molecule has 1 N–H and O–H groups in total. The second kappa shape index (κ2) is 7.86. The number of hydrogen-bond acceptors (Lipinski definition) is 2. The third-order valence-electron chi connectivity index (χ3n) is 8.68. The maximum Gasteiger partial charge on any atom is 0.256 e. The fraction of sp³-hybridized carbons (Fsp3) is 0.680. The molecule has 1 aliphatic heterocycles. The zero-order valence-corrected chi connectivity index (χ0v) is 18.2. The Kier molecular flexibility index (Phi) is 5.30. The van der Waals surface area contributed by atoms with Crippen molar-refractivity contribution in [3.05, 3.63) is 35.4 Å². The van der Waals surface area contributed by atoms with Crippen molar-refractivity contribution >= 4 is 11.8 Å². The van der Waals surface area contributed by atoms with E-state index in [-0.39, 0.29) is 28.8 Å². The molecule has 0 radical (unpaired) electrons. The van der Waals surface area contributed by atoms with Crippen molar-refractivity contribution in [3.63, 3.8) is 0 Å². The van der Waals surface area contributed by atoms with E-state index in [9.17, 15) is 18.4 Å². The first-order valence-electron chi connectivity index (χ1n) is 11.9. The average Bonchev–Trinajstić information content (AvgIpc) is 2.72. The smallest absolute Gasteiger partial charge is 0.256 e. The Bertz CT molecular complexity index is 843. The first kappa shape index (κ1) is 20.9. The van der Waals surface area contributed by atoms with Crippen LogP contribution < -0.4 is 5.32 Å². The van der Waals surface area contributed by atoms with Gasteiger partial charge < -0.3 is 10.2 Å². The van der Waals surface area contributed by atoms with Crippen LogP contribution in [0.4, 0.5) is 8.78 Å². The summed E-state index contributed by atoms with van der Waals surface area (Å²) in [7, 11) is 0. The third kappa shape index (κ3) is 3.87. The summed E-state index contributed by atoms with van der Waals surface area (Å²) in [4.78, 5) is 27.2. The minimum Gasteiger partial charge on any atom is -0.353 e. The van der Waals surface area contributed by atoms with Crippen molar-refractivity contribution < 1.29 is 18.4 Å². The fourth-order valence-corrected chi connectivity index (χ4v) is 7.37. The van der Waals surface area contributed by atoms with Crippen LogP contribution in [0, 0.1) is 40.7 Å². The fourth-order valence-electron chi connectivity index (χ4n) is 7.37. The Hall–Kier alpha value is -1.98. The molecule has 1 aromatic carbocycles. The second-order valence-corrected chi connectivity index (χ2v) is 10.7. The average molecular weight is 431 g/mol. The monoisotopic (exact) mass is 430 g/mol. The lowest BCUT2D eigenvalue weighted by molar-refractivity contribution is -0.131. The van der Waals surface area contributed by atoms with E-state index in [0.717, 1.165) is 29.9 Å². The van der Waals surface area contributed by atoms with Gasteiger partial charge in [0.2, 0.25) is 5.91 Å². The van der Waals surface area contributed by atoms with Crippen molar-refractivity contribution in [2.45, 2.75) is 64.3 Å². The van der Waals surface area contributed by atoms with Gasteiger partial charge in [0.25, 0.3) is 5.91 Å². The van der Waals surface area contributed by atoms with Crippen LogP contribution in [0.25, 0.3) is 0 Å². The number of carbonyl (C=O) groups excluding carboxylic acids is 2.